The smallest absolute Gasteiger partial charge is 0.239 e. The maximum Gasteiger partial charge on any atom is 0.239 e. The molecule has 2 atom stereocenters. The quantitative estimate of drug-likeness (QED) is 0.850. The zero-order valence-electron chi connectivity index (χ0n) is 12.7. The fourth-order valence-electron chi connectivity index (χ4n) is 2.72. The molecule has 1 aromatic heterocycles. The highest BCUT2D eigenvalue weighted by Gasteiger charge is 2.27. The van der Waals surface area contributed by atoms with E-state index in [0.717, 1.165) is 50.4 Å². The summed E-state index contributed by atoms with van der Waals surface area (Å²) >= 11 is 1.72. The molecule has 0 bridgehead atoms. The maximum absolute atomic E-state index is 12.3. The Hall–Kier alpha value is -1.08. The molecule has 1 unspecified atom stereocenters. The van der Waals surface area contributed by atoms with Crippen LogP contribution < -0.4 is 5.73 Å². The van der Waals surface area contributed by atoms with Gasteiger partial charge in [-0.15, -0.1) is 0 Å². The molecular formula is C14H24N4O2S. The molecule has 21 heavy (non-hydrogen) atoms. The summed E-state index contributed by atoms with van der Waals surface area (Å²) in [6.07, 6.45) is 5.65. The number of hydrogen-bond donors (Lipinski definition) is 1. The van der Waals surface area contributed by atoms with Gasteiger partial charge in [0, 0.05) is 26.4 Å². The number of aromatic nitrogens is 2. The lowest BCUT2D eigenvalue weighted by Gasteiger charge is -2.33. The lowest BCUT2D eigenvalue weighted by molar-refractivity contribution is -0.134. The van der Waals surface area contributed by atoms with Gasteiger partial charge in [-0.05, 0) is 37.2 Å². The summed E-state index contributed by atoms with van der Waals surface area (Å²) in [5, 5.41) is 3.94. The third-order valence-electron chi connectivity index (χ3n) is 3.82. The highest BCUT2D eigenvalue weighted by Crippen LogP contribution is 2.20. The molecule has 1 aliphatic rings. The highest BCUT2D eigenvalue weighted by atomic mass is 32.2. The molecule has 0 spiro atoms. The van der Waals surface area contributed by atoms with Gasteiger partial charge in [-0.2, -0.15) is 16.7 Å². The number of nitrogens with zero attached hydrogens (tertiary/aromatic N) is 3. The molecule has 2 rings (SSSR count). The minimum atomic E-state index is -0.372. The Morgan fingerprint density at radius 1 is 1.62 bits per heavy atom. The number of hydrogen-bond acceptors (Lipinski definition) is 6. The van der Waals surface area contributed by atoms with Crippen LogP contribution in [0.4, 0.5) is 0 Å². The Labute approximate surface area is 129 Å². The molecule has 2 heterocycles. The van der Waals surface area contributed by atoms with Crippen LogP contribution in [0.1, 0.15) is 31.0 Å². The van der Waals surface area contributed by atoms with Crippen molar-refractivity contribution in [3.05, 3.63) is 11.7 Å². The SMILES string of the molecule is CSCC[C@H](N)C(=O)N1CCCC(Cc2noc(C)n2)C1. The zero-order chi connectivity index (χ0) is 15.2. The Bertz CT molecular complexity index is 466. The van der Waals surface area contributed by atoms with Gasteiger partial charge >= 0.3 is 0 Å². The van der Waals surface area contributed by atoms with Crippen LogP contribution in [-0.4, -0.2) is 52.1 Å². The van der Waals surface area contributed by atoms with Gasteiger partial charge in [0.1, 0.15) is 0 Å². The van der Waals surface area contributed by atoms with Crippen LogP contribution in [0.2, 0.25) is 0 Å². The number of aryl methyl sites for hydroxylation is 1. The first-order chi connectivity index (χ1) is 10.1. The Kier molecular flexibility index (Phi) is 6.05. The van der Waals surface area contributed by atoms with Crippen molar-refractivity contribution < 1.29 is 9.32 Å². The Morgan fingerprint density at radius 3 is 3.10 bits per heavy atom. The number of amides is 1. The van der Waals surface area contributed by atoms with E-state index < -0.39 is 0 Å². The van der Waals surface area contributed by atoms with Crippen molar-refractivity contribution in [2.75, 3.05) is 25.1 Å². The van der Waals surface area contributed by atoms with Crippen LogP contribution in [0, 0.1) is 12.8 Å². The molecule has 1 saturated heterocycles. The zero-order valence-corrected chi connectivity index (χ0v) is 13.6. The predicted octanol–water partition coefficient (Wildman–Crippen LogP) is 1.24. The number of nitrogens with two attached hydrogens (primary N) is 1. The van der Waals surface area contributed by atoms with Crippen molar-refractivity contribution in [2.45, 2.75) is 38.6 Å². The molecule has 1 aliphatic heterocycles. The number of rotatable bonds is 6. The first kappa shape index (κ1) is 16.3. The molecule has 0 saturated carbocycles. The summed E-state index contributed by atoms with van der Waals surface area (Å²) < 4.78 is 5.00. The van der Waals surface area contributed by atoms with Gasteiger partial charge in [-0.1, -0.05) is 5.16 Å². The molecule has 118 valence electrons. The van der Waals surface area contributed by atoms with Crippen LogP contribution in [-0.2, 0) is 11.2 Å². The van der Waals surface area contributed by atoms with Crippen molar-refractivity contribution in [1.82, 2.24) is 15.0 Å². The van der Waals surface area contributed by atoms with Crippen molar-refractivity contribution in [3.63, 3.8) is 0 Å². The second kappa shape index (κ2) is 7.79. The number of likely N-dealkylation sites (tertiary alicyclic amines) is 1. The fourth-order valence-corrected chi connectivity index (χ4v) is 3.21. The topological polar surface area (TPSA) is 85.3 Å². The first-order valence-electron chi connectivity index (χ1n) is 7.42. The molecule has 2 N–H and O–H groups in total. The molecule has 1 fully saturated rings. The van der Waals surface area contributed by atoms with Crippen molar-refractivity contribution in [1.29, 1.82) is 0 Å². The normalized spacial score (nSPS) is 20.5. The van der Waals surface area contributed by atoms with Crippen LogP contribution >= 0.6 is 11.8 Å². The van der Waals surface area contributed by atoms with Crippen LogP contribution in [0.15, 0.2) is 4.52 Å². The summed E-state index contributed by atoms with van der Waals surface area (Å²) in [6.45, 7) is 3.35. The van der Waals surface area contributed by atoms with Gasteiger partial charge in [-0.3, -0.25) is 4.79 Å². The monoisotopic (exact) mass is 312 g/mol. The third-order valence-corrected chi connectivity index (χ3v) is 4.47. The second-order valence-electron chi connectivity index (χ2n) is 5.61. The van der Waals surface area contributed by atoms with Crippen molar-refractivity contribution >= 4 is 17.7 Å². The second-order valence-corrected chi connectivity index (χ2v) is 6.60. The van der Waals surface area contributed by atoms with Crippen molar-refractivity contribution in [2.24, 2.45) is 11.7 Å². The van der Waals surface area contributed by atoms with E-state index in [1.165, 1.54) is 0 Å². The summed E-state index contributed by atoms with van der Waals surface area (Å²) in [5.41, 5.74) is 5.99. The van der Waals surface area contributed by atoms with Gasteiger partial charge in [0.2, 0.25) is 11.8 Å². The molecule has 6 nitrogen and oxygen atoms in total. The number of piperidine rings is 1. The first-order valence-corrected chi connectivity index (χ1v) is 8.82. The average molecular weight is 312 g/mol. The maximum atomic E-state index is 12.3. The number of thioether (sulfide) groups is 1. The van der Waals surface area contributed by atoms with Crippen LogP contribution in [0.3, 0.4) is 0 Å². The number of carbonyl (C=O) groups excluding carboxylic acids is 1. The van der Waals surface area contributed by atoms with E-state index in [4.69, 9.17) is 10.3 Å². The Balaban J connectivity index is 1.86. The van der Waals surface area contributed by atoms with Gasteiger partial charge in [-0.25, -0.2) is 0 Å². The lowest BCUT2D eigenvalue weighted by atomic mass is 9.94. The Morgan fingerprint density at radius 2 is 2.43 bits per heavy atom. The van der Waals surface area contributed by atoms with Crippen LogP contribution in [0.5, 0.6) is 0 Å². The highest BCUT2D eigenvalue weighted by molar-refractivity contribution is 7.98. The summed E-state index contributed by atoms with van der Waals surface area (Å²) in [6, 6.07) is -0.372. The molecule has 0 aliphatic carbocycles. The van der Waals surface area contributed by atoms with Crippen molar-refractivity contribution in [3.8, 4) is 0 Å². The van der Waals surface area contributed by atoms with E-state index in [1.54, 1.807) is 18.7 Å². The van der Waals surface area contributed by atoms with Gasteiger partial charge in [0.25, 0.3) is 0 Å². The molecule has 1 amide bonds. The predicted molar refractivity (Wildman–Crippen MR) is 83.0 cm³/mol. The third kappa shape index (κ3) is 4.71. The van der Waals surface area contributed by atoms with E-state index >= 15 is 0 Å². The average Bonchev–Trinajstić information content (AvgIpc) is 2.89. The summed E-state index contributed by atoms with van der Waals surface area (Å²) in [4.78, 5) is 18.5. The van der Waals surface area contributed by atoms with Gasteiger partial charge < -0.3 is 15.2 Å². The van der Waals surface area contributed by atoms with E-state index in [1.807, 2.05) is 11.2 Å². The minimum absolute atomic E-state index is 0.0815. The van der Waals surface area contributed by atoms with E-state index in [9.17, 15) is 4.79 Å². The molecular weight excluding hydrogens is 288 g/mol. The van der Waals surface area contributed by atoms with E-state index in [0.29, 0.717) is 11.8 Å². The summed E-state index contributed by atoms with van der Waals surface area (Å²) in [7, 11) is 0. The standard InChI is InChI=1S/C14H24N4O2S/c1-10-16-13(17-20-10)8-11-4-3-6-18(9-11)14(19)12(15)5-7-21-2/h11-12H,3-9,15H2,1-2H3/t11?,12-/m0/s1. The molecule has 7 heteroatoms. The van der Waals surface area contributed by atoms with Crippen LogP contribution in [0.25, 0.3) is 0 Å². The lowest BCUT2D eigenvalue weighted by Crippen LogP contribution is -2.48. The molecule has 0 radical (unpaired) electrons. The van der Waals surface area contributed by atoms with Gasteiger partial charge in [0.05, 0.1) is 6.04 Å². The van der Waals surface area contributed by atoms with Gasteiger partial charge in [0.15, 0.2) is 5.82 Å². The molecule has 0 aromatic carbocycles. The molecule has 1 aromatic rings. The number of carbonyl (C=O) groups is 1. The fraction of sp³-hybridized carbons (Fsp3) is 0.786. The van der Waals surface area contributed by atoms with E-state index in [2.05, 4.69) is 10.1 Å². The largest absolute Gasteiger partial charge is 0.341 e. The van der Waals surface area contributed by atoms with E-state index in [-0.39, 0.29) is 11.9 Å². The summed E-state index contributed by atoms with van der Waals surface area (Å²) in [5.74, 6) is 2.73. The minimum Gasteiger partial charge on any atom is -0.341 e.